The molecule has 4 rings (SSSR count). The van der Waals surface area contributed by atoms with E-state index in [0.717, 1.165) is 49.5 Å². The minimum Gasteiger partial charge on any atom is -0.390 e. The van der Waals surface area contributed by atoms with Gasteiger partial charge in [-0.25, -0.2) is 4.79 Å². The molecule has 148 valence electrons. The number of nitrogens with one attached hydrogen (secondary N) is 2. The molecule has 0 aromatic heterocycles. The van der Waals surface area contributed by atoms with E-state index >= 15 is 0 Å². The van der Waals surface area contributed by atoms with Gasteiger partial charge in [0.15, 0.2) is 0 Å². The minimum atomic E-state index is -0.599. The van der Waals surface area contributed by atoms with Crippen molar-refractivity contribution in [2.24, 2.45) is 0 Å². The normalized spacial score (nSPS) is 23.0. The topological polar surface area (TPSA) is 73.8 Å². The summed E-state index contributed by atoms with van der Waals surface area (Å²) < 4.78 is 5.43. The van der Waals surface area contributed by atoms with Crippen LogP contribution in [0.15, 0.2) is 54.6 Å². The number of morpholine rings is 1. The van der Waals surface area contributed by atoms with Crippen LogP contribution in [0.5, 0.6) is 0 Å². The van der Waals surface area contributed by atoms with E-state index in [1.165, 1.54) is 0 Å². The van der Waals surface area contributed by atoms with Gasteiger partial charge < -0.3 is 20.5 Å². The number of nitrogens with zero attached hydrogens (tertiary/aromatic N) is 1. The largest absolute Gasteiger partial charge is 0.390 e. The summed E-state index contributed by atoms with van der Waals surface area (Å²) in [7, 11) is 0. The molecule has 0 bridgehead atoms. The number of rotatable bonds is 5. The molecule has 2 aromatic carbocycles. The molecule has 1 unspecified atom stereocenters. The Morgan fingerprint density at radius 3 is 2.61 bits per heavy atom. The number of hydrogen-bond acceptors (Lipinski definition) is 4. The van der Waals surface area contributed by atoms with Crippen molar-refractivity contribution >= 4 is 6.03 Å². The first kappa shape index (κ1) is 18.9. The van der Waals surface area contributed by atoms with Crippen molar-refractivity contribution in [2.75, 3.05) is 32.8 Å². The Bertz CT molecular complexity index is 793. The van der Waals surface area contributed by atoms with Crippen LogP contribution < -0.4 is 10.6 Å². The maximum absolute atomic E-state index is 12.8. The fourth-order valence-electron chi connectivity index (χ4n) is 4.05. The van der Waals surface area contributed by atoms with E-state index in [0.29, 0.717) is 6.42 Å². The third kappa shape index (κ3) is 4.35. The van der Waals surface area contributed by atoms with Crippen LogP contribution in [0.1, 0.15) is 28.8 Å². The average molecular weight is 381 g/mol. The van der Waals surface area contributed by atoms with Gasteiger partial charge in [-0.1, -0.05) is 54.6 Å². The van der Waals surface area contributed by atoms with Crippen LogP contribution in [-0.4, -0.2) is 55.0 Å². The Hall–Kier alpha value is -2.41. The molecular formula is C22H27N3O3. The highest BCUT2D eigenvalue weighted by molar-refractivity contribution is 5.75. The fraction of sp³-hybridized carbons (Fsp3) is 0.409. The van der Waals surface area contributed by atoms with Crippen LogP contribution in [0.2, 0.25) is 0 Å². The summed E-state index contributed by atoms with van der Waals surface area (Å²) in [6.45, 7) is 3.89. The molecule has 0 saturated carbocycles. The Morgan fingerprint density at radius 2 is 1.82 bits per heavy atom. The highest BCUT2D eigenvalue weighted by atomic mass is 16.5. The van der Waals surface area contributed by atoms with Crippen LogP contribution in [0.25, 0.3) is 0 Å². The maximum Gasteiger partial charge on any atom is 0.315 e. The summed E-state index contributed by atoms with van der Waals surface area (Å²) in [6.07, 6.45) is -0.0330. The van der Waals surface area contributed by atoms with Crippen molar-refractivity contribution in [1.82, 2.24) is 15.5 Å². The highest BCUT2D eigenvalue weighted by Crippen LogP contribution is 2.31. The molecular weight excluding hydrogens is 354 g/mol. The molecule has 6 heteroatoms. The van der Waals surface area contributed by atoms with Gasteiger partial charge in [-0.2, -0.15) is 0 Å². The zero-order valence-corrected chi connectivity index (χ0v) is 15.9. The van der Waals surface area contributed by atoms with Crippen molar-refractivity contribution in [3.05, 3.63) is 71.3 Å². The summed E-state index contributed by atoms with van der Waals surface area (Å²) in [4.78, 5) is 15.1. The molecule has 6 nitrogen and oxygen atoms in total. The number of hydrogen-bond donors (Lipinski definition) is 3. The van der Waals surface area contributed by atoms with E-state index in [1.807, 2.05) is 54.6 Å². The number of carbonyl (C=O) groups is 1. The Morgan fingerprint density at radius 1 is 1.11 bits per heavy atom. The molecule has 0 spiro atoms. The second-order valence-corrected chi connectivity index (χ2v) is 7.44. The van der Waals surface area contributed by atoms with Crippen LogP contribution >= 0.6 is 0 Å². The number of fused-ring (bicyclic) bond motifs is 1. The van der Waals surface area contributed by atoms with E-state index in [1.54, 1.807) is 0 Å². The maximum atomic E-state index is 12.8. The van der Waals surface area contributed by atoms with Crippen molar-refractivity contribution in [3.63, 3.8) is 0 Å². The Balaban J connectivity index is 1.45. The number of aliphatic hydroxyl groups excluding tert-OH is 1. The third-order valence-corrected chi connectivity index (χ3v) is 5.54. The number of urea groups is 1. The number of aliphatic hydroxyl groups is 1. The monoisotopic (exact) mass is 381 g/mol. The summed E-state index contributed by atoms with van der Waals surface area (Å²) in [5.74, 6) is 0. The lowest BCUT2D eigenvalue weighted by Crippen LogP contribution is -2.47. The van der Waals surface area contributed by atoms with Gasteiger partial charge in [0, 0.05) is 26.1 Å². The molecule has 2 aromatic rings. The van der Waals surface area contributed by atoms with Crippen LogP contribution in [0.3, 0.4) is 0 Å². The van der Waals surface area contributed by atoms with E-state index < -0.39 is 6.10 Å². The van der Waals surface area contributed by atoms with Gasteiger partial charge in [-0.3, -0.25) is 4.90 Å². The summed E-state index contributed by atoms with van der Waals surface area (Å²) in [5, 5.41) is 16.5. The summed E-state index contributed by atoms with van der Waals surface area (Å²) in [6, 6.07) is 17.1. The van der Waals surface area contributed by atoms with Crippen LogP contribution in [-0.2, 0) is 11.2 Å². The van der Waals surface area contributed by atoms with Gasteiger partial charge in [0.05, 0.1) is 31.4 Å². The van der Waals surface area contributed by atoms with Crippen molar-refractivity contribution in [1.29, 1.82) is 0 Å². The van der Waals surface area contributed by atoms with Crippen molar-refractivity contribution in [2.45, 2.75) is 24.6 Å². The van der Waals surface area contributed by atoms with Crippen molar-refractivity contribution < 1.29 is 14.6 Å². The van der Waals surface area contributed by atoms with Crippen LogP contribution in [0.4, 0.5) is 4.79 Å². The molecule has 1 aliphatic heterocycles. The van der Waals surface area contributed by atoms with E-state index in [-0.39, 0.29) is 18.1 Å². The standard InChI is InChI=1S/C22H27N3O3/c26-20-14-17-8-4-5-9-18(17)21(20)24-22(27)23-19(16-6-2-1-3-7-16)15-25-10-12-28-13-11-25/h1-9,19-21,26H,10-15H2,(H2,23,24,27)/t19?,20-,21+/m1/s1. The molecule has 0 radical (unpaired) electrons. The predicted octanol–water partition coefficient (Wildman–Crippen LogP) is 2.02. The SMILES string of the molecule is O=C(NC(CN1CCOCC1)c1ccccc1)N[C@H]1c2ccccc2C[C@H]1O. The molecule has 3 atom stereocenters. The number of ether oxygens (including phenoxy) is 1. The van der Waals surface area contributed by atoms with Gasteiger partial charge >= 0.3 is 6.03 Å². The van der Waals surface area contributed by atoms with Gasteiger partial charge in [0.25, 0.3) is 0 Å². The third-order valence-electron chi connectivity index (χ3n) is 5.54. The van der Waals surface area contributed by atoms with Gasteiger partial charge in [-0.05, 0) is 16.7 Å². The predicted molar refractivity (Wildman–Crippen MR) is 107 cm³/mol. The highest BCUT2D eigenvalue weighted by Gasteiger charge is 2.32. The first-order chi connectivity index (χ1) is 13.7. The first-order valence-electron chi connectivity index (χ1n) is 9.88. The Kier molecular flexibility index (Phi) is 5.90. The quantitative estimate of drug-likeness (QED) is 0.741. The smallest absolute Gasteiger partial charge is 0.315 e. The van der Waals surface area contributed by atoms with Crippen LogP contribution in [0, 0.1) is 0 Å². The molecule has 1 fully saturated rings. The van der Waals surface area contributed by atoms with Gasteiger partial charge in [-0.15, -0.1) is 0 Å². The number of benzene rings is 2. The molecule has 1 saturated heterocycles. The lowest BCUT2D eigenvalue weighted by atomic mass is 10.1. The molecule has 2 aliphatic rings. The summed E-state index contributed by atoms with van der Waals surface area (Å²) >= 11 is 0. The van der Waals surface area contributed by atoms with Gasteiger partial charge in [0.1, 0.15) is 0 Å². The average Bonchev–Trinajstić information content (AvgIpc) is 3.04. The van der Waals surface area contributed by atoms with Gasteiger partial charge in [0.2, 0.25) is 0 Å². The molecule has 3 N–H and O–H groups in total. The summed E-state index contributed by atoms with van der Waals surface area (Å²) in [5.41, 5.74) is 3.15. The number of amides is 2. The lowest BCUT2D eigenvalue weighted by Gasteiger charge is -2.31. The fourth-order valence-corrected chi connectivity index (χ4v) is 4.05. The van der Waals surface area contributed by atoms with Crippen molar-refractivity contribution in [3.8, 4) is 0 Å². The molecule has 1 heterocycles. The molecule has 28 heavy (non-hydrogen) atoms. The zero-order chi connectivity index (χ0) is 19.3. The molecule has 2 amide bonds. The second-order valence-electron chi connectivity index (χ2n) is 7.44. The second kappa shape index (κ2) is 8.73. The number of carbonyl (C=O) groups excluding carboxylic acids is 1. The Labute approximate surface area is 165 Å². The van der Waals surface area contributed by atoms with E-state index in [2.05, 4.69) is 15.5 Å². The van der Waals surface area contributed by atoms with E-state index in [9.17, 15) is 9.90 Å². The first-order valence-corrected chi connectivity index (χ1v) is 9.88. The lowest BCUT2D eigenvalue weighted by molar-refractivity contribution is 0.0339. The zero-order valence-electron chi connectivity index (χ0n) is 15.9. The molecule has 1 aliphatic carbocycles. The minimum absolute atomic E-state index is 0.131. The van der Waals surface area contributed by atoms with E-state index in [4.69, 9.17) is 4.74 Å².